The highest BCUT2D eigenvalue weighted by molar-refractivity contribution is 14.1. The first-order valence-electron chi connectivity index (χ1n) is 4.29. The van der Waals surface area contributed by atoms with Gasteiger partial charge >= 0.3 is 0 Å². The number of hydrogen-bond donors (Lipinski definition) is 1. The Morgan fingerprint density at radius 1 is 1.62 bits per heavy atom. The summed E-state index contributed by atoms with van der Waals surface area (Å²) in [5.74, 6) is -0.403. The maximum absolute atomic E-state index is 12.6. The lowest BCUT2D eigenvalue weighted by Crippen LogP contribution is -2.16. The fourth-order valence-corrected chi connectivity index (χ4v) is 1.69. The monoisotopic (exact) mass is 292 g/mol. The van der Waals surface area contributed by atoms with Crippen molar-refractivity contribution in [1.82, 2.24) is 10.3 Å². The van der Waals surface area contributed by atoms with E-state index in [0.717, 1.165) is 15.7 Å². The van der Waals surface area contributed by atoms with E-state index in [9.17, 15) is 4.39 Å². The Kier molecular flexibility index (Phi) is 2.78. The van der Waals surface area contributed by atoms with Gasteiger partial charge in [-0.2, -0.15) is 4.39 Å². The number of aromatic nitrogens is 1. The third kappa shape index (κ3) is 2.60. The van der Waals surface area contributed by atoms with E-state index in [0.29, 0.717) is 6.04 Å². The second-order valence-corrected chi connectivity index (χ2v) is 4.42. The summed E-state index contributed by atoms with van der Waals surface area (Å²) in [6.07, 6.45) is 4.14. The zero-order valence-electron chi connectivity index (χ0n) is 7.06. The molecule has 1 aliphatic rings. The Balaban J connectivity index is 2.01. The predicted octanol–water partition coefficient (Wildman–Crippen LogP) is 2.08. The molecule has 1 aromatic rings. The maximum Gasteiger partial charge on any atom is 0.213 e. The number of hydrogen-bond acceptors (Lipinski definition) is 2. The molecular formula is C9H10FIN2. The van der Waals surface area contributed by atoms with Gasteiger partial charge in [0.15, 0.2) is 0 Å². The van der Waals surface area contributed by atoms with Crippen LogP contribution in [0, 0.1) is 9.52 Å². The van der Waals surface area contributed by atoms with Crippen LogP contribution in [0.5, 0.6) is 0 Å². The van der Waals surface area contributed by atoms with Crippen LogP contribution in [0.25, 0.3) is 0 Å². The summed E-state index contributed by atoms with van der Waals surface area (Å²) in [6.45, 7) is 0.802. The van der Waals surface area contributed by atoms with Gasteiger partial charge in [-0.15, -0.1) is 0 Å². The third-order valence-corrected chi connectivity index (χ3v) is 3.06. The van der Waals surface area contributed by atoms with E-state index in [1.807, 2.05) is 0 Å². The number of nitrogens with zero attached hydrogens (tertiary/aromatic N) is 1. The normalized spacial score (nSPS) is 16.2. The molecule has 0 unspecified atom stereocenters. The molecule has 2 nitrogen and oxygen atoms in total. The molecule has 0 aliphatic heterocycles. The molecule has 0 saturated heterocycles. The van der Waals surface area contributed by atoms with E-state index in [-0.39, 0.29) is 0 Å². The van der Waals surface area contributed by atoms with Crippen molar-refractivity contribution in [2.24, 2.45) is 0 Å². The lowest BCUT2D eigenvalue weighted by Gasteiger charge is -2.04. The van der Waals surface area contributed by atoms with Gasteiger partial charge in [0.25, 0.3) is 0 Å². The molecule has 1 N–H and O–H groups in total. The summed E-state index contributed by atoms with van der Waals surface area (Å²) < 4.78 is 13.6. The van der Waals surface area contributed by atoms with E-state index in [2.05, 4.69) is 32.9 Å². The van der Waals surface area contributed by atoms with Crippen LogP contribution in [-0.4, -0.2) is 11.0 Å². The molecule has 0 aromatic carbocycles. The topological polar surface area (TPSA) is 24.9 Å². The Morgan fingerprint density at radius 2 is 2.38 bits per heavy atom. The largest absolute Gasteiger partial charge is 0.310 e. The number of rotatable bonds is 3. The highest BCUT2D eigenvalue weighted by Gasteiger charge is 2.20. The molecule has 4 heteroatoms. The first kappa shape index (κ1) is 9.33. The molecule has 1 heterocycles. The fourth-order valence-electron chi connectivity index (χ4n) is 1.11. The lowest BCUT2D eigenvalue weighted by molar-refractivity contribution is 0.578. The molecule has 1 saturated carbocycles. The number of pyridine rings is 1. The highest BCUT2D eigenvalue weighted by Crippen LogP contribution is 2.20. The van der Waals surface area contributed by atoms with Crippen molar-refractivity contribution in [3.05, 3.63) is 27.3 Å². The average molecular weight is 292 g/mol. The fraction of sp³-hybridized carbons (Fsp3) is 0.444. The first-order chi connectivity index (χ1) is 6.25. The molecule has 13 heavy (non-hydrogen) atoms. The van der Waals surface area contributed by atoms with Crippen LogP contribution in [0.1, 0.15) is 18.4 Å². The molecular weight excluding hydrogens is 282 g/mol. The van der Waals surface area contributed by atoms with E-state index < -0.39 is 5.95 Å². The Morgan fingerprint density at radius 3 is 3.00 bits per heavy atom. The Hall–Kier alpha value is -0.230. The summed E-state index contributed by atoms with van der Waals surface area (Å²) >= 11 is 2.13. The zero-order chi connectivity index (χ0) is 9.26. The molecule has 1 fully saturated rings. The van der Waals surface area contributed by atoms with Crippen molar-refractivity contribution in [1.29, 1.82) is 0 Å². The molecule has 0 radical (unpaired) electrons. The first-order valence-corrected chi connectivity index (χ1v) is 5.37. The summed E-state index contributed by atoms with van der Waals surface area (Å²) in [5, 5.41) is 3.37. The van der Waals surface area contributed by atoms with Gasteiger partial charge < -0.3 is 5.32 Å². The van der Waals surface area contributed by atoms with Crippen molar-refractivity contribution in [3.8, 4) is 0 Å². The quantitative estimate of drug-likeness (QED) is 0.681. The summed E-state index contributed by atoms with van der Waals surface area (Å²) in [7, 11) is 0. The van der Waals surface area contributed by atoms with Crippen molar-refractivity contribution in [2.45, 2.75) is 25.4 Å². The summed E-state index contributed by atoms with van der Waals surface area (Å²) in [6, 6.07) is 2.14. The van der Waals surface area contributed by atoms with Crippen LogP contribution in [0.2, 0.25) is 0 Å². The van der Waals surface area contributed by atoms with Crippen LogP contribution < -0.4 is 5.32 Å². The molecule has 0 amide bonds. The lowest BCUT2D eigenvalue weighted by atomic mass is 10.3. The van der Waals surface area contributed by atoms with Crippen molar-refractivity contribution >= 4 is 22.6 Å². The van der Waals surface area contributed by atoms with E-state index in [4.69, 9.17) is 0 Å². The molecule has 0 spiro atoms. The molecule has 0 atom stereocenters. The second-order valence-electron chi connectivity index (χ2n) is 3.25. The smallest absolute Gasteiger partial charge is 0.213 e. The van der Waals surface area contributed by atoms with Crippen molar-refractivity contribution in [3.63, 3.8) is 0 Å². The van der Waals surface area contributed by atoms with E-state index in [1.165, 1.54) is 18.9 Å². The minimum Gasteiger partial charge on any atom is -0.310 e. The molecule has 1 aromatic heterocycles. The van der Waals surface area contributed by atoms with Gasteiger partial charge in [-0.05, 0) is 41.0 Å². The zero-order valence-corrected chi connectivity index (χ0v) is 9.21. The standard InChI is InChI=1S/C9H10FIN2/c10-9-3-8(11)6(5-13-9)4-12-7-1-2-7/h3,5,7,12H,1-2,4H2. The summed E-state index contributed by atoms with van der Waals surface area (Å²) in [4.78, 5) is 3.63. The second kappa shape index (κ2) is 3.88. The number of nitrogens with one attached hydrogen (secondary N) is 1. The van der Waals surface area contributed by atoms with Gasteiger partial charge in [0, 0.05) is 28.4 Å². The Bertz CT molecular complexity index is 312. The van der Waals surface area contributed by atoms with Crippen LogP contribution in [0.3, 0.4) is 0 Å². The minimum atomic E-state index is -0.403. The van der Waals surface area contributed by atoms with E-state index in [1.54, 1.807) is 6.20 Å². The van der Waals surface area contributed by atoms with Gasteiger partial charge in [0.05, 0.1) is 0 Å². The average Bonchev–Trinajstić information content (AvgIpc) is 2.86. The minimum absolute atomic E-state index is 0.403. The summed E-state index contributed by atoms with van der Waals surface area (Å²) in [5.41, 5.74) is 1.08. The van der Waals surface area contributed by atoms with Gasteiger partial charge in [-0.25, -0.2) is 4.98 Å². The van der Waals surface area contributed by atoms with Crippen LogP contribution in [0.4, 0.5) is 4.39 Å². The van der Waals surface area contributed by atoms with Crippen LogP contribution in [-0.2, 0) is 6.54 Å². The van der Waals surface area contributed by atoms with Gasteiger partial charge in [0.2, 0.25) is 5.95 Å². The SMILES string of the molecule is Fc1cc(I)c(CNC2CC2)cn1. The molecule has 2 rings (SSSR count). The third-order valence-electron chi connectivity index (χ3n) is 2.05. The van der Waals surface area contributed by atoms with Crippen LogP contribution in [0.15, 0.2) is 12.3 Å². The van der Waals surface area contributed by atoms with Crippen molar-refractivity contribution in [2.75, 3.05) is 0 Å². The van der Waals surface area contributed by atoms with Crippen LogP contribution >= 0.6 is 22.6 Å². The Labute approximate surface area is 90.1 Å². The van der Waals surface area contributed by atoms with E-state index >= 15 is 0 Å². The molecule has 1 aliphatic carbocycles. The van der Waals surface area contributed by atoms with Gasteiger partial charge in [-0.3, -0.25) is 0 Å². The maximum atomic E-state index is 12.6. The van der Waals surface area contributed by atoms with Gasteiger partial charge in [0.1, 0.15) is 0 Å². The predicted molar refractivity (Wildman–Crippen MR) is 56.8 cm³/mol. The molecule has 0 bridgehead atoms. The highest BCUT2D eigenvalue weighted by atomic mass is 127. The number of halogens is 2. The van der Waals surface area contributed by atoms with Crippen molar-refractivity contribution < 1.29 is 4.39 Å². The van der Waals surface area contributed by atoms with Gasteiger partial charge in [-0.1, -0.05) is 0 Å². The molecule has 70 valence electrons.